The zero-order valence-corrected chi connectivity index (χ0v) is 8.34. The minimum absolute atomic E-state index is 0.0577. The van der Waals surface area contributed by atoms with Gasteiger partial charge >= 0.3 is 5.97 Å². The van der Waals surface area contributed by atoms with Crippen LogP contribution in [0.4, 0.5) is 0 Å². The van der Waals surface area contributed by atoms with Crippen molar-refractivity contribution in [1.29, 1.82) is 0 Å². The van der Waals surface area contributed by atoms with Crippen molar-refractivity contribution in [3.8, 4) is 0 Å². The highest BCUT2D eigenvalue weighted by atomic mass is 35.5. The molecule has 0 unspecified atom stereocenters. The Bertz CT molecular complexity index is 213. The number of carbonyl (C=O) groups is 1. The van der Waals surface area contributed by atoms with E-state index in [1.165, 1.54) is 6.08 Å². The predicted octanol–water partition coefficient (Wildman–Crippen LogP) is 1.85. The van der Waals surface area contributed by atoms with Gasteiger partial charge in [0.25, 0.3) is 0 Å². The topological polar surface area (TPSA) is 35.5 Å². The van der Waals surface area contributed by atoms with Crippen LogP contribution in [0.25, 0.3) is 0 Å². The molecular formula is C9H13ClO3. The zero-order chi connectivity index (χ0) is 9.68. The number of allylic oxidation sites excluding steroid dienone is 1. The molecule has 0 aliphatic carbocycles. The van der Waals surface area contributed by atoms with Gasteiger partial charge in [0, 0.05) is 6.42 Å². The second-order valence-electron chi connectivity index (χ2n) is 2.80. The summed E-state index contributed by atoms with van der Waals surface area (Å²) in [5.74, 6) is 0.817. The van der Waals surface area contributed by atoms with Gasteiger partial charge in [-0.25, -0.2) is 4.79 Å². The summed E-state index contributed by atoms with van der Waals surface area (Å²) in [7, 11) is 0. The van der Waals surface area contributed by atoms with Crippen molar-refractivity contribution in [3.05, 3.63) is 11.8 Å². The molecule has 0 aromatic rings. The maximum atomic E-state index is 11.0. The summed E-state index contributed by atoms with van der Waals surface area (Å²) < 4.78 is 10.1. The Morgan fingerprint density at radius 2 is 2.62 bits per heavy atom. The molecule has 74 valence electrons. The second kappa shape index (κ2) is 5.12. The van der Waals surface area contributed by atoms with E-state index >= 15 is 0 Å². The molecule has 0 aromatic carbocycles. The first-order valence-corrected chi connectivity index (χ1v) is 4.89. The van der Waals surface area contributed by atoms with Crippen LogP contribution in [0.15, 0.2) is 11.8 Å². The van der Waals surface area contributed by atoms with Crippen molar-refractivity contribution in [2.75, 3.05) is 12.5 Å². The van der Waals surface area contributed by atoms with Crippen molar-refractivity contribution in [3.63, 3.8) is 0 Å². The van der Waals surface area contributed by atoms with Crippen molar-refractivity contribution in [2.24, 2.45) is 0 Å². The maximum Gasteiger partial charge on any atom is 0.334 e. The summed E-state index contributed by atoms with van der Waals surface area (Å²) in [6, 6.07) is 0. The molecule has 1 aliphatic heterocycles. The maximum absolute atomic E-state index is 11.0. The molecule has 0 aromatic heterocycles. The fraction of sp³-hybridized carbons (Fsp3) is 0.667. The van der Waals surface area contributed by atoms with Gasteiger partial charge in [0.15, 0.2) is 0 Å². The smallest absolute Gasteiger partial charge is 0.334 e. The first kappa shape index (κ1) is 10.4. The zero-order valence-electron chi connectivity index (χ0n) is 7.59. The van der Waals surface area contributed by atoms with Gasteiger partial charge in [-0.2, -0.15) is 0 Å². The molecule has 4 heteroatoms. The third-order valence-electron chi connectivity index (χ3n) is 1.77. The largest absolute Gasteiger partial charge is 0.493 e. The Kier molecular flexibility index (Phi) is 4.09. The minimum Gasteiger partial charge on any atom is -0.493 e. The number of esters is 1. The molecule has 0 amide bonds. The molecule has 0 radical (unpaired) electrons. The van der Waals surface area contributed by atoms with Gasteiger partial charge in [0.05, 0.1) is 18.6 Å². The van der Waals surface area contributed by atoms with Crippen molar-refractivity contribution < 1.29 is 14.3 Å². The third-order valence-corrected chi connectivity index (χ3v) is 2.11. The number of rotatable bonds is 3. The average Bonchev–Trinajstić information content (AvgIpc) is 2.52. The molecule has 0 bridgehead atoms. The summed E-state index contributed by atoms with van der Waals surface area (Å²) in [6.45, 7) is 2.16. The number of alkyl halides is 1. The van der Waals surface area contributed by atoms with Crippen LogP contribution in [0.2, 0.25) is 0 Å². The van der Waals surface area contributed by atoms with Crippen LogP contribution in [0, 0.1) is 0 Å². The van der Waals surface area contributed by atoms with Crippen LogP contribution >= 0.6 is 11.6 Å². The van der Waals surface area contributed by atoms with Crippen molar-refractivity contribution >= 4 is 17.6 Å². The minimum atomic E-state index is -0.340. The lowest BCUT2D eigenvalue weighted by Crippen LogP contribution is -2.06. The Morgan fingerprint density at radius 3 is 3.15 bits per heavy atom. The third kappa shape index (κ3) is 3.27. The van der Waals surface area contributed by atoms with Gasteiger partial charge in [0.1, 0.15) is 11.9 Å². The highest BCUT2D eigenvalue weighted by Gasteiger charge is 2.20. The van der Waals surface area contributed by atoms with Crippen LogP contribution in [0.1, 0.15) is 19.8 Å². The molecule has 1 fully saturated rings. The molecular weight excluding hydrogens is 192 g/mol. The van der Waals surface area contributed by atoms with Gasteiger partial charge in [-0.05, 0) is 13.3 Å². The lowest BCUT2D eigenvalue weighted by atomic mass is 10.2. The molecule has 0 N–H and O–H groups in total. The molecule has 0 spiro atoms. The Hall–Kier alpha value is -0.700. The highest BCUT2D eigenvalue weighted by Crippen LogP contribution is 2.23. The summed E-state index contributed by atoms with van der Waals surface area (Å²) in [6.07, 6.45) is 3.11. The fourth-order valence-electron chi connectivity index (χ4n) is 1.17. The van der Waals surface area contributed by atoms with Crippen molar-refractivity contribution in [2.45, 2.75) is 25.9 Å². The van der Waals surface area contributed by atoms with E-state index in [4.69, 9.17) is 21.1 Å². The van der Waals surface area contributed by atoms with E-state index in [0.29, 0.717) is 18.2 Å². The molecule has 1 rings (SSSR count). The Morgan fingerprint density at radius 1 is 1.85 bits per heavy atom. The molecule has 1 saturated heterocycles. The Balaban J connectivity index is 2.40. The van der Waals surface area contributed by atoms with Gasteiger partial charge < -0.3 is 9.47 Å². The molecule has 0 saturated carbocycles. The van der Waals surface area contributed by atoms with Gasteiger partial charge in [-0.15, -0.1) is 11.6 Å². The van der Waals surface area contributed by atoms with E-state index < -0.39 is 0 Å². The van der Waals surface area contributed by atoms with E-state index in [0.717, 1.165) is 12.8 Å². The number of carbonyl (C=O) groups excluding carboxylic acids is 1. The van der Waals surface area contributed by atoms with Crippen LogP contribution in [-0.4, -0.2) is 24.6 Å². The second-order valence-corrected chi connectivity index (χ2v) is 3.10. The number of halogens is 1. The van der Waals surface area contributed by atoms with Gasteiger partial charge in [-0.1, -0.05) is 0 Å². The lowest BCUT2D eigenvalue weighted by molar-refractivity contribution is -0.137. The molecule has 13 heavy (non-hydrogen) atoms. The molecule has 3 nitrogen and oxygen atoms in total. The summed E-state index contributed by atoms with van der Waals surface area (Å²) >= 11 is 5.60. The number of hydrogen-bond donors (Lipinski definition) is 0. The quantitative estimate of drug-likeness (QED) is 0.400. The SMILES string of the molecule is CCOC(=O)/C=C1\CC[C@H](CCl)O1. The number of hydrogen-bond acceptors (Lipinski definition) is 3. The fourth-order valence-corrected chi connectivity index (χ4v) is 1.38. The highest BCUT2D eigenvalue weighted by molar-refractivity contribution is 6.18. The lowest BCUT2D eigenvalue weighted by Gasteiger charge is -2.05. The predicted molar refractivity (Wildman–Crippen MR) is 49.5 cm³/mol. The Labute approximate surface area is 82.7 Å². The summed E-state index contributed by atoms with van der Waals surface area (Å²) in [5, 5.41) is 0. The summed E-state index contributed by atoms with van der Waals surface area (Å²) in [5.41, 5.74) is 0. The van der Waals surface area contributed by atoms with E-state index in [2.05, 4.69) is 0 Å². The van der Waals surface area contributed by atoms with Crippen LogP contribution in [-0.2, 0) is 14.3 Å². The van der Waals surface area contributed by atoms with Gasteiger partial charge in [-0.3, -0.25) is 0 Å². The van der Waals surface area contributed by atoms with Gasteiger partial charge in [0.2, 0.25) is 0 Å². The van der Waals surface area contributed by atoms with Crippen molar-refractivity contribution in [1.82, 2.24) is 0 Å². The summed E-state index contributed by atoms with van der Waals surface area (Å²) in [4.78, 5) is 11.0. The van der Waals surface area contributed by atoms with Crippen LogP contribution in [0.5, 0.6) is 0 Å². The van der Waals surface area contributed by atoms with E-state index in [1.807, 2.05) is 0 Å². The van der Waals surface area contributed by atoms with Crippen LogP contribution < -0.4 is 0 Å². The first-order valence-electron chi connectivity index (χ1n) is 4.36. The van der Waals surface area contributed by atoms with E-state index in [-0.39, 0.29) is 12.1 Å². The molecule has 1 aliphatic rings. The van der Waals surface area contributed by atoms with E-state index in [1.54, 1.807) is 6.92 Å². The molecule has 1 atom stereocenters. The van der Waals surface area contributed by atoms with Crippen LogP contribution in [0.3, 0.4) is 0 Å². The standard InChI is InChI=1S/C9H13ClO3/c1-2-12-9(11)5-7-3-4-8(6-10)13-7/h5,8H,2-4,6H2,1H3/b7-5+/t8-/m1/s1. The first-order chi connectivity index (χ1) is 6.26. The molecule has 1 heterocycles. The monoisotopic (exact) mass is 204 g/mol. The average molecular weight is 205 g/mol. The number of ether oxygens (including phenoxy) is 2. The normalized spacial score (nSPS) is 24.5. The van der Waals surface area contributed by atoms with E-state index in [9.17, 15) is 4.79 Å².